The van der Waals surface area contributed by atoms with Gasteiger partial charge in [0.05, 0.1) is 13.2 Å². The molecule has 1 rings (SSSR count). The number of rotatable bonds is 9. The van der Waals surface area contributed by atoms with E-state index >= 15 is 0 Å². The first-order chi connectivity index (χ1) is 9.26. The van der Waals surface area contributed by atoms with E-state index in [2.05, 4.69) is 22.2 Å². The summed E-state index contributed by atoms with van der Waals surface area (Å²) in [5.41, 5.74) is 1.02. The van der Waals surface area contributed by atoms with Crippen LogP contribution in [-0.4, -0.2) is 40.9 Å². The lowest BCUT2D eigenvalue weighted by atomic mass is 10.2. The summed E-state index contributed by atoms with van der Waals surface area (Å²) >= 11 is 0. The molecule has 0 aliphatic carbocycles. The number of carbonyl (C=O) groups excluding carboxylic acids is 1. The average Bonchev–Trinajstić information content (AvgIpc) is 2.83. The van der Waals surface area contributed by atoms with Crippen LogP contribution < -0.4 is 5.32 Å². The Morgan fingerprint density at radius 2 is 2.32 bits per heavy atom. The number of ether oxygens (including phenoxy) is 1. The van der Waals surface area contributed by atoms with Crippen molar-refractivity contribution in [2.45, 2.75) is 39.0 Å². The van der Waals surface area contributed by atoms with Gasteiger partial charge in [0.25, 0.3) is 0 Å². The molecule has 0 bridgehead atoms. The summed E-state index contributed by atoms with van der Waals surface area (Å²) < 4.78 is 4.97. The van der Waals surface area contributed by atoms with Crippen molar-refractivity contribution in [1.82, 2.24) is 15.3 Å². The van der Waals surface area contributed by atoms with Crippen LogP contribution in [0.4, 0.5) is 4.79 Å². The number of nitrogens with zero attached hydrogens (tertiary/aromatic N) is 1. The molecule has 3 N–H and O–H groups in total. The molecule has 6 nitrogen and oxygen atoms in total. The van der Waals surface area contributed by atoms with E-state index in [1.54, 1.807) is 6.20 Å². The first-order valence-electron chi connectivity index (χ1n) is 6.80. The zero-order valence-electron chi connectivity index (χ0n) is 11.4. The van der Waals surface area contributed by atoms with Crippen LogP contribution in [0.15, 0.2) is 6.20 Å². The van der Waals surface area contributed by atoms with Crippen molar-refractivity contribution in [3.05, 3.63) is 17.7 Å². The molecule has 0 aromatic carbocycles. The predicted molar refractivity (Wildman–Crippen MR) is 72.0 cm³/mol. The quantitative estimate of drug-likeness (QED) is 0.591. The minimum atomic E-state index is -0.348. The zero-order chi connectivity index (χ0) is 13.9. The van der Waals surface area contributed by atoms with Crippen molar-refractivity contribution >= 4 is 6.09 Å². The lowest BCUT2D eigenvalue weighted by Gasteiger charge is -2.05. The van der Waals surface area contributed by atoms with Gasteiger partial charge in [-0.15, -0.1) is 0 Å². The number of alkyl carbamates (subject to hydrolysis) is 1. The third-order valence-electron chi connectivity index (χ3n) is 2.65. The Balaban J connectivity index is 2.07. The van der Waals surface area contributed by atoms with Gasteiger partial charge in [-0.25, -0.2) is 9.78 Å². The van der Waals surface area contributed by atoms with Gasteiger partial charge in [-0.2, -0.15) is 0 Å². The Kier molecular flexibility index (Phi) is 7.65. The molecular formula is C13H23N3O3. The van der Waals surface area contributed by atoms with Crippen molar-refractivity contribution in [3.8, 4) is 0 Å². The van der Waals surface area contributed by atoms with Gasteiger partial charge in [-0.1, -0.05) is 13.3 Å². The van der Waals surface area contributed by atoms with Gasteiger partial charge in [-0.3, -0.25) is 0 Å². The second-order valence-corrected chi connectivity index (χ2v) is 4.35. The third-order valence-corrected chi connectivity index (χ3v) is 2.65. The molecule has 1 aromatic heterocycles. The van der Waals surface area contributed by atoms with Crippen molar-refractivity contribution in [1.29, 1.82) is 0 Å². The van der Waals surface area contributed by atoms with Crippen molar-refractivity contribution in [2.24, 2.45) is 0 Å². The summed E-state index contributed by atoms with van der Waals surface area (Å²) in [6.07, 6.45) is 5.52. The highest BCUT2D eigenvalue weighted by Gasteiger charge is 2.02. The van der Waals surface area contributed by atoms with Crippen LogP contribution in [-0.2, 0) is 17.6 Å². The van der Waals surface area contributed by atoms with Crippen LogP contribution in [0.2, 0.25) is 0 Å². The third kappa shape index (κ3) is 6.81. The number of H-pyrrole nitrogens is 1. The van der Waals surface area contributed by atoms with Crippen LogP contribution in [0.5, 0.6) is 0 Å². The molecule has 0 atom stereocenters. The normalized spacial score (nSPS) is 10.4. The molecule has 19 heavy (non-hydrogen) atoms. The Morgan fingerprint density at radius 3 is 3.05 bits per heavy atom. The van der Waals surface area contributed by atoms with E-state index in [1.165, 1.54) is 0 Å². The first kappa shape index (κ1) is 15.5. The van der Waals surface area contributed by atoms with Crippen LogP contribution >= 0.6 is 0 Å². The Hall–Kier alpha value is -1.56. The lowest BCUT2D eigenvalue weighted by molar-refractivity contribution is 0.144. The number of aryl methyl sites for hydroxylation is 1. The molecule has 0 radical (unpaired) electrons. The number of aromatic nitrogens is 2. The number of imidazole rings is 1. The second-order valence-electron chi connectivity index (χ2n) is 4.35. The largest absolute Gasteiger partial charge is 0.450 e. The fourth-order valence-electron chi connectivity index (χ4n) is 1.60. The molecule has 0 fully saturated rings. The van der Waals surface area contributed by atoms with E-state index in [4.69, 9.17) is 9.84 Å². The number of amides is 1. The van der Waals surface area contributed by atoms with Gasteiger partial charge in [0.15, 0.2) is 0 Å². The molecule has 0 spiro atoms. The van der Waals surface area contributed by atoms with Gasteiger partial charge < -0.3 is 20.1 Å². The topological polar surface area (TPSA) is 87.2 Å². The van der Waals surface area contributed by atoms with Gasteiger partial charge in [0.1, 0.15) is 5.82 Å². The number of carbonyl (C=O) groups is 1. The summed E-state index contributed by atoms with van der Waals surface area (Å²) in [7, 11) is 0. The van der Waals surface area contributed by atoms with Crippen molar-refractivity contribution < 1.29 is 14.6 Å². The highest BCUT2D eigenvalue weighted by atomic mass is 16.5. The smallest absolute Gasteiger partial charge is 0.407 e. The van der Waals surface area contributed by atoms with E-state index in [1.807, 2.05) is 0 Å². The van der Waals surface area contributed by atoms with Crippen molar-refractivity contribution in [3.63, 3.8) is 0 Å². The van der Waals surface area contributed by atoms with E-state index in [0.717, 1.165) is 37.2 Å². The van der Waals surface area contributed by atoms with E-state index in [-0.39, 0.29) is 12.7 Å². The summed E-state index contributed by atoms with van der Waals surface area (Å²) in [5.74, 6) is 0.796. The fraction of sp³-hybridized carbons (Fsp3) is 0.692. The highest BCUT2D eigenvalue weighted by molar-refractivity contribution is 5.66. The second kappa shape index (κ2) is 9.38. The average molecular weight is 269 g/mol. The summed E-state index contributed by atoms with van der Waals surface area (Å²) in [4.78, 5) is 18.5. The number of nitrogens with one attached hydrogen (secondary N) is 2. The minimum Gasteiger partial charge on any atom is -0.450 e. The molecule has 6 heteroatoms. The number of aliphatic hydroxyl groups is 1. The molecule has 1 aromatic rings. The first-order valence-corrected chi connectivity index (χ1v) is 6.80. The number of hydrogen-bond acceptors (Lipinski definition) is 4. The lowest BCUT2D eigenvalue weighted by Crippen LogP contribution is -2.26. The maximum Gasteiger partial charge on any atom is 0.407 e. The number of unbranched alkanes of at least 4 members (excludes halogenated alkanes) is 1. The maximum atomic E-state index is 11.2. The van der Waals surface area contributed by atoms with E-state index in [9.17, 15) is 4.79 Å². The fourth-order valence-corrected chi connectivity index (χ4v) is 1.60. The van der Waals surface area contributed by atoms with E-state index in [0.29, 0.717) is 19.6 Å². The summed E-state index contributed by atoms with van der Waals surface area (Å²) in [5, 5.41) is 11.5. The molecule has 0 aliphatic heterocycles. The van der Waals surface area contributed by atoms with Crippen molar-refractivity contribution in [2.75, 3.05) is 19.8 Å². The van der Waals surface area contributed by atoms with E-state index < -0.39 is 0 Å². The monoisotopic (exact) mass is 269 g/mol. The number of aromatic amines is 1. The molecule has 108 valence electrons. The minimum absolute atomic E-state index is 0.0953. The Bertz CT molecular complexity index is 366. The van der Waals surface area contributed by atoms with Gasteiger partial charge in [-0.05, 0) is 19.3 Å². The van der Waals surface area contributed by atoms with Gasteiger partial charge in [0.2, 0.25) is 0 Å². The highest BCUT2D eigenvalue weighted by Crippen LogP contribution is 2.01. The molecule has 0 saturated carbocycles. The zero-order valence-corrected chi connectivity index (χ0v) is 11.4. The molecule has 0 unspecified atom stereocenters. The van der Waals surface area contributed by atoms with Crippen LogP contribution in [0.3, 0.4) is 0 Å². The summed E-state index contributed by atoms with van der Waals surface area (Å²) in [6, 6.07) is 0. The summed E-state index contributed by atoms with van der Waals surface area (Å²) in [6.45, 7) is 3.21. The maximum absolute atomic E-state index is 11.2. The van der Waals surface area contributed by atoms with Crippen LogP contribution in [0.25, 0.3) is 0 Å². The SMILES string of the molecule is CCCCOC(=O)NCCCc1cnc(CCO)[nH]1. The van der Waals surface area contributed by atoms with Gasteiger partial charge in [0, 0.05) is 24.9 Å². The van der Waals surface area contributed by atoms with Crippen LogP contribution in [0, 0.1) is 0 Å². The Morgan fingerprint density at radius 1 is 1.47 bits per heavy atom. The molecule has 1 heterocycles. The molecule has 0 aliphatic rings. The predicted octanol–water partition coefficient (Wildman–Crippen LogP) is 1.40. The molecule has 0 saturated heterocycles. The number of hydrogen-bond donors (Lipinski definition) is 3. The van der Waals surface area contributed by atoms with Crippen LogP contribution in [0.1, 0.15) is 37.7 Å². The molecular weight excluding hydrogens is 246 g/mol. The number of aliphatic hydroxyl groups excluding tert-OH is 1. The molecule has 1 amide bonds. The van der Waals surface area contributed by atoms with Gasteiger partial charge >= 0.3 is 6.09 Å². The Labute approximate surface area is 113 Å². The standard InChI is InChI=1S/C13H23N3O3/c1-2-3-9-19-13(18)14-7-4-5-11-10-15-12(16-11)6-8-17/h10,17H,2-9H2,1H3,(H,14,18)(H,15,16).